The fourth-order valence-electron chi connectivity index (χ4n) is 11.5. The molecular weight excluding hydrogens is 1250 g/mol. The van der Waals surface area contributed by atoms with Crippen LogP contribution in [0.2, 0.25) is 0 Å². The molecule has 3 N–H and O–H groups in total. The fraction of sp³-hybridized carbons (Fsp3) is 0.947. The van der Waals surface area contributed by atoms with Crippen molar-refractivity contribution in [3.05, 3.63) is 0 Å². The summed E-state index contributed by atoms with van der Waals surface area (Å²) >= 11 is 0. The third-order valence-corrected chi connectivity index (χ3v) is 20.2. The highest BCUT2D eigenvalue weighted by Gasteiger charge is 2.30. The highest BCUT2D eigenvalue weighted by atomic mass is 31.2. The molecule has 564 valence electrons. The van der Waals surface area contributed by atoms with Crippen molar-refractivity contribution < 1.29 is 80.2 Å². The van der Waals surface area contributed by atoms with E-state index in [0.717, 1.165) is 108 Å². The summed E-state index contributed by atoms with van der Waals surface area (Å²) < 4.78 is 68.4. The molecule has 0 radical (unpaired) electrons. The van der Waals surface area contributed by atoms with Crippen LogP contribution < -0.4 is 0 Å². The van der Waals surface area contributed by atoms with Gasteiger partial charge in [0.2, 0.25) is 0 Å². The Kier molecular flexibility index (Phi) is 64.0. The molecule has 0 aromatic heterocycles. The summed E-state index contributed by atoms with van der Waals surface area (Å²) in [5.41, 5.74) is 0. The van der Waals surface area contributed by atoms with Crippen LogP contribution in [0.1, 0.15) is 383 Å². The van der Waals surface area contributed by atoms with Crippen LogP contribution in [0.4, 0.5) is 0 Å². The number of esters is 4. The van der Waals surface area contributed by atoms with E-state index in [9.17, 15) is 43.2 Å². The minimum absolute atomic E-state index is 0.103. The third-order valence-electron chi connectivity index (χ3n) is 18.3. The number of carbonyl (C=O) groups excluding carboxylic acids is 4. The van der Waals surface area contributed by atoms with Crippen LogP contribution in [0.5, 0.6) is 0 Å². The van der Waals surface area contributed by atoms with E-state index in [1.165, 1.54) is 180 Å². The molecule has 0 heterocycles. The smallest absolute Gasteiger partial charge is 0.462 e. The van der Waals surface area contributed by atoms with Gasteiger partial charge in [-0.05, 0) is 49.4 Å². The Morgan fingerprint density at radius 3 is 0.747 bits per heavy atom. The number of aliphatic hydroxyl groups is 1. The first-order chi connectivity index (χ1) is 45.7. The summed E-state index contributed by atoms with van der Waals surface area (Å²) in [5.74, 6) is 0.925. The maximum absolute atomic E-state index is 13.1. The van der Waals surface area contributed by atoms with E-state index in [1.54, 1.807) is 0 Å². The minimum Gasteiger partial charge on any atom is -0.462 e. The number of ether oxygens (including phenoxy) is 4. The second-order valence-corrected chi connectivity index (χ2v) is 31.7. The molecule has 0 aliphatic heterocycles. The molecule has 0 saturated heterocycles. The zero-order valence-corrected chi connectivity index (χ0v) is 64.1. The van der Waals surface area contributed by atoms with Crippen LogP contribution in [-0.4, -0.2) is 96.7 Å². The summed E-state index contributed by atoms with van der Waals surface area (Å²) in [5, 5.41) is 10.6. The molecule has 0 amide bonds. The van der Waals surface area contributed by atoms with Crippen LogP contribution in [-0.2, 0) is 65.4 Å². The van der Waals surface area contributed by atoms with Gasteiger partial charge in [-0.3, -0.25) is 37.3 Å². The standard InChI is InChI=1S/C76H148O17P2/c1-9-68(7)54-46-38-29-23-19-17-15-13-11-12-14-16-18-20-25-31-40-48-56-73(78)86-62-71(93-76(81)59-51-43-33-27-28-36-44-52-66(3)4)64-90-94(82,83)88-60-70(77)61-89-95(84,85)91-65-72(63-87-74(79)57-49-41-35-34-37-45-53-67(5)6)92-75(80)58-50-42-32-26-22-21-24-30-39-47-55-69(8)10-2/h66-72,77H,9-65H2,1-8H3,(H,82,83)(H,84,85)/t68?,69?,70-,71-,72-/m1/s1. The van der Waals surface area contributed by atoms with Gasteiger partial charge >= 0.3 is 39.5 Å². The minimum atomic E-state index is -4.96. The van der Waals surface area contributed by atoms with Gasteiger partial charge in [0.1, 0.15) is 19.3 Å². The first kappa shape index (κ1) is 93.1. The molecule has 0 aliphatic carbocycles. The second kappa shape index (κ2) is 65.4. The zero-order valence-electron chi connectivity index (χ0n) is 62.3. The van der Waals surface area contributed by atoms with E-state index in [4.69, 9.17) is 37.0 Å². The molecule has 17 nitrogen and oxygen atoms in total. The molecule has 0 aromatic rings. The number of phosphoric ester groups is 2. The lowest BCUT2D eigenvalue weighted by Crippen LogP contribution is -2.30. The van der Waals surface area contributed by atoms with Gasteiger partial charge in [-0.1, -0.05) is 331 Å². The normalized spacial score (nSPS) is 14.7. The Balaban J connectivity index is 5.12. The molecule has 0 fully saturated rings. The van der Waals surface area contributed by atoms with E-state index < -0.39 is 97.5 Å². The van der Waals surface area contributed by atoms with Crippen LogP contribution in [0, 0.1) is 23.7 Å². The lowest BCUT2D eigenvalue weighted by atomic mass is 9.99. The van der Waals surface area contributed by atoms with E-state index in [-0.39, 0.29) is 25.7 Å². The summed E-state index contributed by atoms with van der Waals surface area (Å²) in [6.07, 6.45) is 50.3. The number of unbranched alkanes of at least 4 members (excludes halogenated alkanes) is 37. The van der Waals surface area contributed by atoms with Crippen molar-refractivity contribution in [2.24, 2.45) is 23.7 Å². The maximum atomic E-state index is 13.1. The van der Waals surface area contributed by atoms with Gasteiger partial charge in [-0.15, -0.1) is 0 Å². The van der Waals surface area contributed by atoms with Gasteiger partial charge in [-0.2, -0.15) is 0 Å². The van der Waals surface area contributed by atoms with Gasteiger partial charge in [0.05, 0.1) is 26.4 Å². The number of phosphoric acid groups is 2. The molecule has 0 bridgehead atoms. The van der Waals surface area contributed by atoms with Crippen molar-refractivity contribution in [1.29, 1.82) is 0 Å². The average Bonchev–Trinajstić information content (AvgIpc) is 2.55. The maximum Gasteiger partial charge on any atom is 0.472 e. The molecule has 0 spiro atoms. The monoisotopic (exact) mass is 1400 g/mol. The number of carbonyl (C=O) groups is 4. The lowest BCUT2D eigenvalue weighted by Gasteiger charge is -2.21. The van der Waals surface area contributed by atoms with Crippen molar-refractivity contribution >= 4 is 39.5 Å². The predicted octanol–water partition coefficient (Wildman–Crippen LogP) is 22.0. The molecule has 0 aliphatic rings. The first-order valence-electron chi connectivity index (χ1n) is 39.3. The molecule has 7 atom stereocenters. The number of hydrogen-bond acceptors (Lipinski definition) is 15. The largest absolute Gasteiger partial charge is 0.472 e. The van der Waals surface area contributed by atoms with Crippen molar-refractivity contribution in [1.82, 2.24) is 0 Å². The van der Waals surface area contributed by atoms with Crippen molar-refractivity contribution in [3.8, 4) is 0 Å². The third kappa shape index (κ3) is 67.6. The van der Waals surface area contributed by atoms with Gasteiger partial charge in [0.25, 0.3) is 0 Å². The van der Waals surface area contributed by atoms with Gasteiger partial charge in [0.15, 0.2) is 12.2 Å². The Hall–Kier alpha value is -1.94. The summed E-state index contributed by atoms with van der Waals surface area (Å²) in [7, 11) is -9.91. The number of hydrogen-bond donors (Lipinski definition) is 3. The van der Waals surface area contributed by atoms with Crippen LogP contribution in [0.15, 0.2) is 0 Å². The molecule has 95 heavy (non-hydrogen) atoms. The van der Waals surface area contributed by atoms with E-state index >= 15 is 0 Å². The number of aliphatic hydroxyl groups excluding tert-OH is 1. The SMILES string of the molecule is CCC(C)CCCCCCCCCCCCCCCCCCCCC(=O)OC[C@H](COP(=O)(O)OC[C@@H](O)COP(=O)(O)OC[C@@H](COC(=O)CCCCCCCCC(C)C)OC(=O)CCCCCCCCCCCCC(C)CC)OC(=O)CCCCCCCCCC(C)C. The van der Waals surface area contributed by atoms with E-state index in [0.29, 0.717) is 37.5 Å². The first-order valence-corrected chi connectivity index (χ1v) is 42.3. The summed E-state index contributed by atoms with van der Waals surface area (Å²) in [4.78, 5) is 72.7. The molecule has 0 rings (SSSR count). The average molecular weight is 1400 g/mol. The Bertz CT molecular complexity index is 1870. The molecule has 0 aromatic carbocycles. The van der Waals surface area contributed by atoms with Crippen LogP contribution in [0.25, 0.3) is 0 Å². The number of rotatable bonds is 73. The predicted molar refractivity (Wildman–Crippen MR) is 386 cm³/mol. The Morgan fingerprint density at radius 1 is 0.295 bits per heavy atom. The van der Waals surface area contributed by atoms with Crippen molar-refractivity contribution in [2.75, 3.05) is 39.6 Å². The highest BCUT2D eigenvalue weighted by molar-refractivity contribution is 7.47. The Morgan fingerprint density at radius 2 is 0.505 bits per heavy atom. The van der Waals surface area contributed by atoms with E-state index in [1.807, 2.05) is 0 Å². The summed E-state index contributed by atoms with van der Waals surface area (Å²) in [6, 6.07) is 0. The molecule has 19 heteroatoms. The molecule has 4 unspecified atom stereocenters. The topological polar surface area (TPSA) is 237 Å². The fourth-order valence-corrected chi connectivity index (χ4v) is 13.1. The van der Waals surface area contributed by atoms with Crippen molar-refractivity contribution in [2.45, 2.75) is 401 Å². The van der Waals surface area contributed by atoms with Gasteiger partial charge < -0.3 is 33.8 Å². The van der Waals surface area contributed by atoms with Crippen LogP contribution >= 0.6 is 15.6 Å². The molecular formula is C76H148O17P2. The Labute approximate surface area is 581 Å². The van der Waals surface area contributed by atoms with Crippen LogP contribution in [0.3, 0.4) is 0 Å². The van der Waals surface area contributed by atoms with Crippen molar-refractivity contribution in [3.63, 3.8) is 0 Å². The van der Waals surface area contributed by atoms with Gasteiger partial charge in [-0.25, -0.2) is 9.13 Å². The zero-order chi connectivity index (χ0) is 70.3. The quantitative estimate of drug-likeness (QED) is 0.0222. The second-order valence-electron chi connectivity index (χ2n) is 28.8. The summed E-state index contributed by atoms with van der Waals surface area (Å²) in [6.45, 7) is 14.1. The lowest BCUT2D eigenvalue weighted by molar-refractivity contribution is -0.161. The van der Waals surface area contributed by atoms with E-state index in [2.05, 4.69) is 55.4 Å². The highest BCUT2D eigenvalue weighted by Crippen LogP contribution is 2.45. The molecule has 0 saturated carbocycles. The van der Waals surface area contributed by atoms with Gasteiger partial charge in [0, 0.05) is 25.7 Å².